The summed E-state index contributed by atoms with van der Waals surface area (Å²) < 4.78 is 0. The molecule has 0 radical (unpaired) electrons. The van der Waals surface area contributed by atoms with Crippen molar-refractivity contribution in [2.75, 3.05) is 28.2 Å². The molecule has 1 aliphatic rings. The Bertz CT molecular complexity index is 117. The summed E-state index contributed by atoms with van der Waals surface area (Å²) in [5.41, 5.74) is 0. The van der Waals surface area contributed by atoms with Gasteiger partial charge in [0, 0.05) is 12.1 Å². The fraction of sp³-hybridized carbons (Fsp3) is 1.00. The van der Waals surface area contributed by atoms with Crippen LogP contribution in [0.2, 0.25) is 0 Å². The molecular formula is C10H22N2. The van der Waals surface area contributed by atoms with Crippen molar-refractivity contribution in [2.24, 2.45) is 11.8 Å². The van der Waals surface area contributed by atoms with Crippen LogP contribution in [0.1, 0.15) is 13.8 Å². The summed E-state index contributed by atoms with van der Waals surface area (Å²) in [5.74, 6) is 1.68. The number of hydrogen-bond acceptors (Lipinski definition) is 2. The smallest absolute Gasteiger partial charge is 0.0294 e. The van der Waals surface area contributed by atoms with Crippen molar-refractivity contribution < 1.29 is 0 Å². The minimum absolute atomic E-state index is 0.778. The largest absolute Gasteiger partial charge is 0.305 e. The summed E-state index contributed by atoms with van der Waals surface area (Å²) in [6.07, 6.45) is 0. The average Bonchev–Trinajstić information content (AvgIpc) is 2.58. The molecule has 0 heterocycles. The van der Waals surface area contributed by atoms with Crippen LogP contribution in [0.25, 0.3) is 0 Å². The molecule has 1 fully saturated rings. The molecule has 1 rings (SSSR count). The van der Waals surface area contributed by atoms with E-state index in [1.807, 2.05) is 0 Å². The zero-order valence-corrected chi connectivity index (χ0v) is 9.20. The molecule has 0 aromatic carbocycles. The fourth-order valence-electron chi connectivity index (χ4n) is 2.39. The highest BCUT2D eigenvalue weighted by atomic mass is 15.3. The van der Waals surface area contributed by atoms with E-state index in [9.17, 15) is 0 Å². The Morgan fingerprint density at radius 1 is 0.833 bits per heavy atom. The Morgan fingerprint density at radius 3 is 1.25 bits per heavy atom. The first kappa shape index (κ1) is 10.0. The van der Waals surface area contributed by atoms with Gasteiger partial charge in [-0.15, -0.1) is 0 Å². The van der Waals surface area contributed by atoms with E-state index in [0.717, 1.165) is 23.9 Å². The van der Waals surface area contributed by atoms with Gasteiger partial charge in [0.15, 0.2) is 0 Å². The molecule has 2 atom stereocenters. The predicted octanol–water partition coefficient (Wildman–Crippen LogP) is 1.13. The SMILES string of the molecule is CC(C)C1C(N(C)C)C1N(C)C. The minimum Gasteiger partial charge on any atom is -0.305 e. The first-order valence-electron chi connectivity index (χ1n) is 4.79. The van der Waals surface area contributed by atoms with E-state index in [0.29, 0.717) is 0 Å². The number of rotatable bonds is 3. The number of nitrogens with zero attached hydrogens (tertiary/aromatic N) is 2. The summed E-state index contributed by atoms with van der Waals surface area (Å²) in [6, 6.07) is 1.56. The molecule has 1 saturated carbocycles. The average molecular weight is 170 g/mol. The van der Waals surface area contributed by atoms with Crippen molar-refractivity contribution in [3.63, 3.8) is 0 Å². The van der Waals surface area contributed by atoms with Crippen LogP contribution in [-0.4, -0.2) is 50.1 Å². The van der Waals surface area contributed by atoms with Crippen molar-refractivity contribution in [3.8, 4) is 0 Å². The molecule has 0 bridgehead atoms. The lowest BCUT2D eigenvalue weighted by atomic mass is 10.1. The first-order chi connectivity index (χ1) is 5.46. The molecule has 0 amide bonds. The van der Waals surface area contributed by atoms with Crippen molar-refractivity contribution in [1.29, 1.82) is 0 Å². The van der Waals surface area contributed by atoms with Gasteiger partial charge in [-0.1, -0.05) is 13.8 Å². The molecule has 0 aliphatic heterocycles. The molecule has 12 heavy (non-hydrogen) atoms. The molecule has 0 saturated heterocycles. The Labute approximate surface area is 76.5 Å². The Hall–Kier alpha value is -0.0800. The van der Waals surface area contributed by atoms with Gasteiger partial charge >= 0.3 is 0 Å². The van der Waals surface area contributed by atoms with Crippen LogP contribution in [0.4, 0.5) is 0 Å². The van der Waals surface area contributed by atoms with Crippen molar-refractivity contribution in [2.45, 2.75) is 25.9 Å². The zero-order valence-electron chi connectivity index (χ0n) is 9.20. The number of likely N-dealkylation sites (N-methyl/N-ethyl adjacent to an activating group) is 2. The summed E-state index contributed by atoms with van der Waals surface area (Å²) in [5, 5.41) is 0. The molecule has 0 aromatic rings. The Kier molecular flexibility index (Phi) is 2.79. The highest BCUT2D eigenvalue weighted by Crippen LogP contribution is 2.43. The third-order valence-electron chi connectivity index (χ3n) is 2.96. The van der Waals surface area contributed by atoms with E-state index in [1.54, 1.807) is 0 Å². The highest BCUT2D eigenvalue weighted by molar-refractivity contribution is 5.09. The van der Waals surface area contributed by atoms with Gasteiger partial charge in [-0.3, -0.25) is 0 Å². The molecular weight excluding hydrogens is 148 g/mol. The normalized spacial score (nSPS) is 35.2. The maximum absolute atomic E-state index is 2.36. The zero-order chi connectivity index (χ0) is 9.46. The lowest BCUT2D eigenvalue weighted by Crippen LogP contribution is -2.25. The van der Waals surface area contributed by atoms with E-state index < -0.39 is 0 Å². The highest BCUT2D eigenvalue weighted by Gasteiger charge is 2.53. The van der Waals surface area contributed by atoms with Crippen LogP contribution in [-0.2, 0) is 0 Å². The van der Waals surface area contributed by atoms with Crippen LogP contribution in [0, 0.1) is 11.8 Å². The summed E-state index contributed by atoms with van der Waals surface area (Å²) in [4.78, 5) is 4.71. The van der Waals surface area contributed by atoms with E-state index in [1.165, 1.54) is 0 Å². The third kappa shape index (κ3) is 1.64. The van der Waals surface area contributed by atoms with Gasteiger partial charge in [0.25, 0.3) is 0 Å². The molecule has 0 aromatic heterocycles. The van der Waals surface area contributed by atoms with Crippen molar-refractivity contribution in [3.05, 3.63) is 0 Å². The topological polar surface area (TPSA) is 6.48 Å². The van der Waals surface area contributed by atoms with Crippen LogP contribution in [0.15, 0.2) is 0 Å². The number of hydrogen-bond donors (Lipinski definition) is 0. The lowest BCUT2D eigenvalue weighted by molar-refractivity contribution is 0.315. The monoisotopic (exact) mass is 170 g/mol. The van der Waals surface area contributed by atoms with Crippen LogP contribution in [0.5, 0.6) is 0 Å². The van der Waals surface area contributed by atoms with Crippen LogP contribution < -0.4 is 0 Å². The van der Waals surface area contributed by atoms with E-state index in [-0.39, 0.29) is 0 Å². The standard InChI is InChI=1S/C10H22N2/c1-7(2)8-9(11(3)4)10(8)12(5)6/h7-10H,1-6H3. The van der Waals surface area contributed by atoms with Crippen molar-refractivity contribution >= 4 is 0 Å². The predicted molar refractivity (Wildman–Crippen MR) is 53.3 cm³/mol. The second-order valence-electron chi connectivity index (χ2n) is 4.73. The van der Waals surface area contributed by atoms with Gasteiger partial charge < -0.3 is 9.80 Å². The Balaban J connectivity index is 2.55. The minimum atomic E-state index is 0.778. The van der Waals surface area contributed by atoms with E-state index >= 15 is 0 Å². The van der Waals surface area contributed by atoms with Gasteiger partial charge in [-0.25, -0.2) is 0 Å². The summed E-state index contributed by atoms with van der Waals surface area (Å²) in [6.45, 7) is 4.65. The van der Waals surface area contributed by atoms with Gasteiger partial charge in [0.1, 0.15) is 0 Å². The second kappa shape index (κ2) is 3.35. The lowest BCUT2D eigenvalue weighted by Gasteiger charge is -2.12. The maximum atomic E-state index is 2.36. The quantitative estimate of drug-likeness (QED) is 0.626. The van der Waals surface area contributed by atoms with Crippen LogP contribution >= 0.6 is 0 Å². The van der Waals surface area contributed by atoms with Gasteiger partial charge in [-0.2, -0.15) is 0 Å². The summed E-state index contributed by atoms with van der Waals surface area (Å²) >= 11 is 0. The molecule has 2 nitrogen and oxygen atoms in total. The van der Waals surface area contributed by atoms with Gasteiger partial charge in [0.2, 0.25) is 0 Å². The van der Waals surface area contributed by atoms with Gasteiger partial charge in [0.05, 0.1) is 0 Å². The molecule has 72 valence electrons. The maximum Gasteiger partial charge on any atom is 0.0294 e. The second-order valence-corrected chi connectivity index (χ2v) is 4.73. The molecule has 1 aliphatic carbocycles. The third-order valence-corrected chi connectivity index (χ3v) is 2.96. The molecule has 2 heteroatoms. The van der Waals surface area contributed by atoms with E-state index in [4.69, 9.17) is 0 Å². The van der Waals surface area contributed by atoms with Crippen LogP contribution in [0.3, 0.4) is 0 Å². The van der Waals surface area contributed by atoms with Crippen molar-refractivity contribution in [1.82, 2.24) is 9.80 Å². The van der Waals surface area contributed by atoms with Gasteiger partial charge in [-0.05, 0) is 40.0 Å². The van der Waals surface area contributed by atoms with E-state index in [2.05, 4.69) is 51.8 Å². The molecule has 0 spiro atoms. The molecule has 2 unspecified atom stereocenters. The summed E-state index contributed by atoms with van der Waals surface area (Å²) in [7, 11) is 8.74. The first-order valence-corrected chi connectivity index (χ1v) is 4.79. The Morgan fingerprint density at radius 2 is 1.17 bits per heavy atom. The molecule has 0 N–H and O–H groups in total. The fourth-order valence-corrected chi connectivity index (χ4v) is 2.39.